The average Bonchev–Trinajstić information content (AvgIpc) is 2.92. The molecule has 1 aliphatic rings. The van der Waals surface area contributed by atoms with Crippen LogP contribution in [-0.2, 0) is 12.8 Å². The molecule has 2 atom stereocenters. The molecule has 1 nitrogen and oxygen atoms in total. The van der Waals surface area contributed by atoms with Crippen LogP contribution in [0.1, 0.15) is 141 Å². The minimum absolute atomic E-state index is 0.948. The highest BCUT2D eigenvalue weighted by atomic mass is 14.7. The molecule has 2 unspecified atom stereocenters. The molecular formula is C35H55N. The molecule has 1 aromatic heterocycles. The van der Waals surface area contributed by atoms with E-state index in [0.717, 1.165) is 17.5 Å². The second kappa shape index (κ2) is 17.8. The zero-order valence-corrected chi connectivity index (χ0v) is 23.8. The Morgan fingerprint density at radius 1 is 0.611 bits per heavy atom. The first kappa shape index (κ1) is 28.9. The first-order valence-corrected chi connectivity index (χ1v) is 15.8. The van der Waals surface area contributed by atoms with Gasteiger partial charge in [-0.15, -0.1) is 0 Å². The Bertz CT molecular complexity index is 790. The SMILES string of the molecule is CCCCCCCCc1ccc(-c2ccc(CCC3CCCC(CCCCCCCC)C3)cc2)nc1. The molecule has 36 heavy (non-hydrogen) atoms. The van der Waals surface area contributed by atoms with E-state index in [1.165, 1.54) is 145 Å². The molecular weight excluding hydrogens is 434 g/mol. The Morgan fingerprint density at radius 2 is 1.22 bits per heavy atom. The van der Waals surface area contributed by atoms with Gasteiger partial charge in [0.25, 0.3) is 0 Å². The van der Waals surface area contributed by atoms with Crippen molar-refractivity contribution < 1.29 is 0 Å². The van der Waals surface area contributed by atoms with E-state index in [-0.39, 0.29) is 0 Å². The van der Waals surface area contributed by atoms with Gasteiger partial charge in [-0.05, 0) is 61.1 Å². The first-order valence-electron chi connectivity index (χ1n) is 15.8. The number of nitrogens with zero attached hydrogens (tertiary/aromatic N) is 1. The van der Waals surface area contributed by atoms with Gasteiger partial charge in [0.15, 0.2) is 0 Å². The van der Waals surface area contributed by atoms with Crippen LogP contribution in [0.4, 0.5) is 0 Å². The highest BCUT2D eigenvalue weighted by Gasteiger charge is 2.21. The van der Waals surface area contributed by atoms with E-state index in [9.17, 15) is 0 Å². The van der Waals surface area contributed by atoms with Gasteiger partial charge >= 0.3 is 0 Å². The normalized spacial score (nSPS) is 17.9. The lowest BCUT2D eigenvalue weighted by Crippen LogP contribution is -2.16. The molecule has 1 heteroatoms. The Kier molecular flexibility index (Phi) is 14.3. The van der Waals surface area contributed by atoms with Crippen LogP contribution in [-0.4, -0.2) is 4.98 Å². The van der Waals surface area contributed by atoms with Gasteiger partial charge in [-0.1, -0.05) is 140 Å². The highest BCUT2D eigenvalue weighted by Crippen LogP contribution is 2.35. The van der Waals surface area contributed by atoms with Crippen LogP contribution in [0.25, 0.3) is 11.3 Å². The van der Waals surface area contributed by atoms with Crippen molar-refractivity contribution in [2.45, 2.75) is 142 Å². The van der Waals surface area contributed by atoms with Crippen LogP contribution in [0, 0.1) is 11.8 Å². The fraction of sp³-hybridized carbons (Fsp3) is 0.686. The van der Waals surface area contributed by atoms with Crippen molar-refractivity contribution in [1.29, 1.82) is 0 Å². The van der Waals surface area contributed by atoms with Crippen molar-refractivity contribution in [2.24, 2.45) is 11.8 Å². The number of aryl methyl sites for hydroxylation is 2. The third kappa shape index (κ3) is 11.2. The van der Waals surface area contributed by atoms with Crippen LogP contribution >= 0.6 is 0 Å². The van der Waals surface area contributed by atoms with Gasteiger partial charge in [-0.2, -0.15) is 0 Å². The first-order chi connectivity index (χ1) is 17.8. The van der Waals surface area contributed by atoms with Gasteiger partial charge < -0.3 is 0 Å². The Hall–Kier alpha value is -1.63. The van der Waals surface area contributed by atoms with Crippen molar-refractivity contribution in [2.75, 3.05) is 0 Å². The number of hydrogen-bond donors (Lipinski definition) is 0. The molecule has 0 bridgehead atoms. The highest BCUT2D eigenvalue weighted by molar-refractivity contribution is 5.59. The number of aromatic nitrogens is 1. The summed E-state index contributed by atoms with van der Waals surface area (Å²) in [6, 6.07) is 13.8. The summed E-state index contributed by atoms with van der Waals surface area (Å²) in [5.74, 6) is 1.96. The average molecular weight is 490 g/mol. The van der Waals surface area contributed by atoms with Crippen LogP contribution < -0.4 is 0 Å². The molecule has 1 heterocycles. The zero-order valence-electron chi connectivity index (χ0n) is 23.8. The van der Waals surface area contributed by atoms with Crippen molar-refractivity contribution in [3.05, 3.63) is 53.7 Å². The largest absolute Gasteiger partial charge is 0.256 e. The Morgan fingerprint density at radius 3 is 1.89 bits per heavy atom. The standard InChI is InChI=1S/C35H55N/c1-3-5-7-9-11-13-16-31-18-15-19-32(28-31)21-20-30-22-25-34(26-23-30)35-27-24-33(29-36-35)17-14-12-10-8-6-4-2/h22-27,29,31-32H,3-21,28H2,1-2H3. The third-order valence-corrected chi connectivity index (χ3v) is 8.59. The Balaban J connectivity index is 1.35. The topological polar surface area (TPSA) is 12.9 Å². The van der Waals surface area contributed by atoms with E-state index < -0.39 is 0 Å². The fourth-order valence-electron chi connectivity index (χ4n) is 6.21. The predicted octanol–water partition coefficient (Wildman–Crippen LogP) is 11.1. The van der Waals surface area contributed by atoms with Gasteiger partial charge in [0.2, 0.25) is 0 Å². The van der Waals surface area contributed by atoms with Crippen LogP contribution in [0.2, 0.25) is 0 Å². The molecule has 1 aliphatic carbocycles. The molecule has 200 valence electrons. The molecule has 0 radical (unpaired) electrons. The number of unbranched alkanes of at least 4 members (excludes halogenated alkanes) is 10. The van der Waals surface area contributed by atoms with Crippen LogP contribution in [0.3, 0.4) is 0 Å². The van der Waals surface area contributed by atoms with Gasteiger partial charge in [0, 0.05) is 11.8 Å². The third-order valence-electron chi connectivity index (χ3n) is 8.59. The van der Waals surface area contributed by atoms with Crippen LogP contribution in [0.15, 0.2) is 42.6 Å². The van der Waals surface area contributed by atoms with Crippen molar-refractivity contribution in [1.82, 2.24) is 4.98 Å². The van der Waals surface area contributed by atoms with E-state index in [2.05, 4.69) is 56.4 Å². The number of pyridine rings is 1. The molecule has 0 N–H and O–H groups in total. The fourth-order valence-corrected chi connectivity index (χ4v) is 6.21. The van der Waals surface area contributed by atoms with E-state index in [1.54, 1.807) is 0 Å². The van der Waals surface area contributed by atoms with Crippen molar-refractivity contribution in [3.8, 4) is 11.3 Å². The smallest absolute Gasteiger partial charge is 0.0702 e. The predicted molar refractivity (Wildman–Crippen MR) is 159 cm³/mol. The molecule has 0 aliphatic heterocycles. The minimum atomic E-state index is 0.948. The lowest BCUT2D eigenvalue weighted by molar-refractivity contribution is 0.239. The lowest BCUT2D eigenvalue weighted by Gasteiger charge is -2.29. The van der Waals surface area contributed by atoms with Crippen LogP contribution in [0.5, 0.6) is 0 Å². The molecule has 1 saturated carbocycles. The number of rotatable bonds is 18. The molecule has 1 aromatic carbocycles. The maximum atomic E-state index is 4.78. The maximum absolute atomic E-state index is 4.78. The van der Waals surface area contributed by atoms with Gasteiger partial charge in [-0.3, -0.25) is 4.98 Å². The quantitative estimate of drug-likeness (QED) is 0.190. The lowest BCUT2D eigenvalue weighted by atomic mass is 9.77. The van der Waals surface area contributed by atoms with Crippen molar-refractivity contribution >= 4 is 0 Å². The summed E-state index contributed by atoms with van der Waals surface area (Å²) in [7, 11) is 0. The number of benzene rings is 1. The molecule has 0 amide bonds. The maximum Gasteiger partial charge on any atom is 0.0702 e. The van der Waals surface area contributed by atoms with E-state index in [1.807, 2.05) is 0 Å². The van der Waals surface area contributed by atoms with Gasteiger partial charge in [0.05, 0.1) is 5.69 Å². The van der Waals surface area contributed by atoms with Gasteiger partial charge in [-0.25, -0.2) is 0 Å². The zero-order chi connectivity index (χ0) is 25.3. The summed E-state index contributed by atoms with van der Waals surface area (Å²) in [5.41, 5.74) is 5.24. The summed E-state index contributed by atoms with van der Waals surface area (Å²) < 4.78 is 0. The minimum Gasteiger partial charge on any atom is -0.256 e. The van der Waals surface area contributed by atoms with E-state index >= 15 is 0 Å². The van der Waals surface area contributed by atoms with E-state index in [4.69, 9.17) is 4.98 Å². The monoisotopic (exact) mass is 489 g/mol. The second-order valence-electron chi connectivity index (χ2n) is 11.8. The summed E-state index contributed by atoms with van der Waals surface area (Å²) in [6.45, 7) is 4.59. The molecule has 1 fully saturated rings. The van der Waals surface area contributed by atoms with E-state index in [0.29, 0.717) is 0 Å². The second-order valence-corrected chi connectivity index (χ2v) is 11.8. The van der Waals surface area contributed by atoms with Crippen molar-refractivity contribution in [3.63, 3.8) is 0 Å². The van der Waals surface area contributed by atoms with Gasteiger partial charge in [0.1, 0.15) is 0 Å². The number of hydrogen-bond acceptors (Lipinski definition) is 1. The summed E-state index contributed by atoms with van der Waals surface area (Å²) >= 11 is 0. The molecule has 0 spiro atoms. The summed E-state index contributed by atoms with van der Waals surface area (Å²) in [5, 5.41) is 0. The molecule has 2 aromatic rings. The molecule has 0 saturated heterocycles. The summed E-state index contributed by atoms with van der Waals surface area (Å²) in [4.78, 5) is 4.78. The molecule has 3 rings (SSSR count). The summed E-state index contributed by atoms with van der Waals surface area (Å²) in [6.07, 6.45) is 30.0. The Labute approximate surface area is 223 Å².